The van der Waals surface area contributed by atoms with Gasteiger partial charge in [-0.15, -0.1) is 0 Å². The first-order chi connectivity index (χ1) is 5.52. The summed E-state index contributed by atoms with van der Waals surface area (Å²) in [5.74, 6) is -1.07. The van der Waals surface area contributed by atoms with Gasteiger partial charge in [0.05, 0.1) is 12.5 Å². The van der Waals surface area contributed by atoms with E-state index in [1.165, 1.54) is 6.92 Å². The maximum Gasteiger partial charge on any atom is 0.544 e. The Hall–Kier alpha value is -0.605. The summed E-state index contributed by atoms with van der Waals surface area (Å²) >= 11 is 0. The summed E-state index contributed by atoms with van der Waals surface area (Å²) in [6.07, 6.45) is 0.253. The Bertz CT molecular complexity index is 198. The van der Waals surface area contributed by atoms with Gasteiger partial charge >= 0.3 is 13.2 Å². The van der Waals surface area contributed by atoms with Gasteiger partial charge in [-0.2, -0.15) is 0 Å². The molecular formula is C7H11BF2O2. The van der Waals surface area contributed by atoms with E-state index in [4.69, 9.17) is 0 Å². The van der Waals surface area contributed by atoms with Crippen molar-refractivity contribution in [2.75, 3.05) is 6.61 Å². The predicted octanol–water partition coefficient (Wildman–Crippen LogP) is 1.76. The van der Waals surface area contributed by atoms with E-state index in [0.717, 1.165) is 0 Å². The van der Waals surface area contributed by atoms with Gasteiger partial charge in [0.25, 0.3) is 0 Å². The van der Waals surface area contributed by atoms with Gasteiger partial charge in [0.15, 0.2) is 0 Å². The largest absolute Gasteiger partial charge is 0.544 e. The molecule has 1 aliphatic rings. The Morgan fingerprint density at radius 1 is 1.75 bits per heavy atom. The second kappa shape index (κ2) is 3.03. The van der Waals surface area contributed by atoms with Crippen LogP contribution in [0.1, 0.15) is 20.3 Å². The Balaban J connectivity index is 2.45. The van der Waals surface area contributed by atoms with Gasteiger partial charge in [-0.25, -0.2) is 0 Å². The van der Waals surface area contributed by atoms with E-state index in [1.54, 1.807) is 6.92 Å². The molecule has 0 bridgehead atoms. The normalized spacial score (nSPS) is 32.8. The van der Waals surface area contributed by atoms with Gasteiger partial charge in [0, 0.05) is 5.31 Å². The van der Waals surface area contributed by atoms with Crippen LogP contribution in [0.4, 0.5) is 8.63 Å². The third kappa shape index (κ3) is 1.45. The van der Waals surface area contributed by atoms with Crippen molar-refractivity contribution in [3.8, 4) is 0 Å². The highest BCUT2D eigenvalue weighted by Crippen LogP contribution is 2.62. The maximum atomic E-state index is 12.2. The van der Waals surface area contributed by atoms with Crippen molar-refractivity contribution in [2.45, 2.75) is 25.6 Å². The quantitative estimate of drug-likeness (QED) is 0.483. The molecule has 5 heteroatoms. The molecule has 0 heterocycles. The van der Waals surface area contributed by atoms with Gasteiger partial charge in [-0.3, -0.25) is 13.4 Å². The maximum absolute atomic E-state index is 12.2. The number of carbonyl (C=O) groups is 1. The van der Waals surface area contributed by atoms with Crippen molar-refractivity contribution in [1.29, 1.82) is 0 Å². The Labute approximate surface area is 70.5 Å². The number of carbonyl (C=O) groups excluding carboxylic acids is 1. The summed E-state index contributed by atoms with van der Waals surface area (Å²) in [7, 11) is -2.42. The minimum atomic E-state index is -2.42. The highest BCUT2D eigenvalue weighted by atomic mass is 19.2. The van der Waals surface area contributed by atoms with Crippen LogP contribution in [0.3, 0.4) is 0 Å². The molecule has 2 nitrogen and oxygen atoms in total. The smallest absolute Gasteiger partial charge is 0.466 e. The van der Waals surface area contributed by atoms with E-state index in [9.17, 15) is 13.4 Å². The predicted molar refractivity (Wildman–Crippen MR) is 41.1 cm³/mol. The average molecular weight is 176 g/mol. The molecule has 0 spiro atoms. The van der Waals surface area contributed by atoms with Crippen molar-refractivity contribution >= 4 is 13.2 Å². The number of halogens is 2. The van der Waals surface area contributed by atoms with E-state index in [-0.39, 0.29) is 13.0 Å². The first-order valence-electron chi connectivity index (χ1n) is 3.97. The molecule has 2 atom stereocenters. The summed E-state index contributed by atoms with van der Waals surface area (Å²) in [6.45, 7) is 3.34. The lowest BCUT2D eigenvalue weighted by Gasteiger charge is -2.05. The lowest BCUT2D eigenvalue weighted by Crippen LogP contribution is -2.15. The van der Waals surface area contributed by atoms with E-state index in [2.05, 4.69) is 4.74 Å². The molecule has 0 aromatic heterocycles. The van der Waals surface area contributed by atoms with Gasteiger partial charge in [0.2, 0.25) is 0 Å². The highest BCUT2D eigenvalue weighted by molar-refractivity contribution is 6.49. The van der Waals surface area contributed by atoms with Crippen LogP contribution < -0.4 is 0 Å². The fourth-order valence-corrected chi connectivity index (χ4v) is 1.22. The molecule has 0 amide bonds. The van der Waals surface area contributed by atoms with Crippen LogP contribution in [-0.4, -0.2) is 19.8 Å². The summed E-state index contributed by atoms with van der Waals surface area (Å²) in [4.78, 5) is 11.0. The fourth-order valence-electron chi connectivity index (χ4n) is 1.22. The number of hydrogen-bond acceptors (Lipinski definition) is 2. The molecule has 0 aromatic rings. The number of hydrogen-bond donors (Lipinski definition) is 0. The zero-order chi connectivity index (χ0) is 9.35. The Kier molecular flexibility index (Phi) is 2.40. The topological polar surface area (TPSA) is 26.3 Å². The molecule has 12 heavy (non-hydrogen) atoms. The van der Waals surface area contributed by atoms with Crippen LogP contribution >= 0.6 is 0 Å². The second-order valence-electron chi connectivity index (χ2n) is 3.32. The zero-order valence-corrected chi connectivity index (χ0v) is 7.14. The first kappa shape index (κ1) is 9.48. The minimum Gasteiger partial charge on any atom is -0.466 e. The lowest BCUT2D eigenvalue weighted by atomic mass is 9.74. The number of ether oxygens (including phenoxy) is 1. The van der Waals surface area contributed by atoms with E-state index < -0.39 is 24.5 Å². The third-order valence-electron chi connectivity index (χ3n) is 2.35. The van der Waals surface area contributed by atoms with Crippen LogP contribution in [0.2, 0.25) is 5.31 Å². The van der Waals surface area contributed by atoms with Crippen molar-refractivity contribution in [3.05, 3.63) is 0 Å². The standard InChI is InChI=1S/C7H11BF2O2/c1-3-12-6(11)5-4-7(5,2)8(9)10/h5H,3-4H2,1-2H3/t5-,7-/m0/s1. The SMILES string of the molecule is CCOC(=O)[C@@H]1C[C@]1(C)B(F)F. The first-order valence-corrected chi connectivity index (χ1v) is 3.97. The Morgan fingerprint density at radius 3 is 2.67 bits per heavy atom. The van der Waals surface area contributed by atoms with Gasteiger partial charge < -0.3 is 4.74 Å². The second-order valence-corrected chi connectivity index (χ2v) is 3.32. The molecule has 0 aliphatic heterocycles. The molecular weight excluding hydrogens is 165 g/mol. The van der Waals surface area contributed by atoms with E-state index in [0.29, 0.717) is 0 Å². The Morgan fingerprint density at radius 2 is 2.33 bits per heavy atom. The van der Waals surface area contributed by atoms with Crippen LogP contribution in [0.15, 0.2) is 0 Å². The summed E-state index contributed by atoms with van der Waals surface area (Å²) < 4.78 is 29.1. The van der Waals surface area contributed by atoms with Crippen LogP contribution in [0, 0.1) is 5.92 Å². The van der Waals surface area contributed by atoms with Gasteiger partial charge in [-0.05, 0) is 13.3 Å². The molecule has 1 fully saturated rings. The van der Waals surface area contributed by atoms with Crippen molar-refractivity contribution in [2.24, 2.45) is 5.92 Å². The molecule has 0 N–H and O–H groups in total. The molecule has 0 saturated heterocycles. The average Bonchev–Trinajstić information content (AvgIpc) is 2.65. The van der Waals surface area contributed by atoms with Crippen LogP contribution in [0.25, 0.3) is 0 Å². The lowest BCUT2D eigenvalue weighted by molar-refractivity contribution is -0.144. The van der Waals surface area contributed by atoms with Crippen molar-refractivity contribution < 1.29 is 18.2 Å². The summed E-state index contributed by atoms with van der Waals surface area (Å²) in [6, 6.07) is 0. The van der Waals surface area contributed by atoms with E-state index >= 15 is 0 Å². The molecule has 0 radical (unpaired) electrons. The minimum absolute atomic E-state index is 0.253. The van der Waals surface area contributed by atoms with E-state index in [1.807, 2.05) is 0 Å². The molecule has 68 valence electrons. The van der Waals surface area contributed by atoms with Gasteiger partial charge in [0.1, 0.15) is 0 Å². The fraction of sp³-hybridized carbons (Fsp3) is 0.857. The molecule has 1 saturated carbocycles. The monoisotopic (exact) mass is 176 g/mol. The summed E-state index contributed by atoms with van der Waals surface area (Å²) in [5.41, 5.74) is 0. The van der Waals surface area contributed by atoms with Crippen molar-refractivity contribution in [1.82, 2.24) is 0 Å². The highest BCUT2D eigenvalue weighted by Gasteiger charge is 2.64. The molecule has 0 aromatic carbocycles. The third-order valence-corrected chi connectivity index (χ3v) is 2.35. The zero-order valence-electron chi connectivity index (χ0n) is 7.14. The molecule has 1 aliphatic carbocycles. The van der Waals surface area contributed by atoms with Gasteiger partial charge in [-0.1, -0.05) is 6.92 Å². The number of rotatable bonds is 3. The summed E-state index contributed by atoms with van der Waals surface area (Å²) in [5, 5.41) is -1.12. The van der Waals surface area contributed by atoms with Crippen LogP contribution in [0.5, 0.6) is 0 Å². The molecule has 0 unspecified atom stereocenters. The number of esters is 1. The van der Waals surface area contributed by atoms with Crippen molar-refractivity contribution in [3.63, 3.8) is 0 Å². The molecule has 1 rings (SSSR count). The van der Waals surface area contributed by atoms with Crippen LogP contribution in [-0.2, 0) is 9.53 Å².